The number of anilines is 1. The third kappa shape index (κ3) is 4.60. The number of methoxy groups -OCH3 is 1. The summed E-state index contributed by atoms with van der Waals surface area (Å²) in [5.74, 6) is 0.214. The fourth-order valence-electron chi connectivity index (χ4n) is 4.36. The summed E-state index contributed by atoms with van der Waals surface area (Å²) in [5, 5.41) is 11.6. The maximum absolute atomic E-state index is 13.5. The lowest BCUT2D eigenvalue weighted by Crippen LogP contribution is -2.53. The number of hydrogen-bond donors (Lipinski definition) is 1. The lowest BCUT2D eigenvalue weighted by Gasteiger charge is -2.40. The molecule has 3 amide bonds. The molecule has 4 rings (SSSR count). The number of phenolic OH excluding ortho intramolecular Hbond substituents is 1. The van der Waals surface area contributed by atoms with Gasteiger partial charge in [0, 0.05) is 50.4 Å². The molecule has 1 fully saturated rings. The number of hydrogen-bond acceptors (Lipinski definition) is 4. The van der Waals surface area contributed by atoms with E-state index in [1.165, 1.54) is 18.1 Å². The van der Waals surface area contributed by atoms with Gasteiger partial charge in [-0.05, 0) is 37.1 Å². The molecule has 2 aromatic carbocycles. The Morgan fingerprint density at radius 3 is 2.63 bits per heavy atom. The number of phenols is 1. The SMILES string of the molecule is COc1ccc(N2CC[C@H](C)N(Cc3cccc4c3c(Cl)c(Cl)n4CC(=O)N(C)C)C2=O)cc1O. The van der Waals surface area contributed by atoms with Crippen molar-refractivity contribution in [3.05, 3.63) is 52.1 Å². The summed E-state index contributed by atoms with van der Waals surface area (Å²) in [7, 11) is 4.85. The van der Waals surface area contributed by atoms with Crippen LogP contribution < -0.4 is 9.64 Å². The first kappa shape index (κ1) is 25.0. The number of halogens is 2. The molecule has 0 aliphatic carbocycles. The molecule has 1 aliphatic rings. The Morgan fingerprint density at radius 2 is 1.97 bits per heavy atom. The molecule has 3 aromatic rings. The van der Waals surface area contributed by atoms with Gasteiger partial charge in [-0.2, -0.15) is 0 Å². The first-order valence-corrected chi connectivity index (χ1v) is 12.0. The molecule has 1 aromatic heterocycles. The van der Waals surface area contributed by atoms with Crippen molar-refractivity contribution >= 4 is 51.7 Å². The van der Waals surface area contributed by atoms with Crippen molar-refractivity contribution in [2.75, 3.05) is 32.6 Å². The van der Waals surface area contributed by atoms with Crippen molar-refractivity contribution in [2.45, 2.75) is 32.5 Å². The van der Waals surface area contributed by atoms with E-state index in [1.54, 1.807) is 40.6 Å². The molecular weight excluding hydrogens is 491 g/mol. The minimum absolute atomic E-state index is 0.00694. The highest BCUT2D eigenvalue weighted by atomic mass is 35.5. The number of rotatable bonds is 6. The second kappa shape index (κ2) is 9.87. The van der Waals surface area contributed by atoms with Crippen molar-refractivity contribution in [3.63, 3.8) is 0 Å². The van der Waals surface area contributed by atoms with Crippen molar-refractivity contribution < 1.29 is 19.4 Å². The van der Waals surface area contributed by atoms with Crippen LogP contribution in [-0.2, 0) is 17.9 Å². The minimum atomic E-state index is -0.172. The van der Waals surface area contributed by atoms with Crippen molar-refractivity contribution in [1.29, 1.82) is 0 Å². The number of fused-ring (bicyclic) bond motifs is 1. The highest BCUT2D eigenvalue weighted by molar-refractivity contribution is 6.45. The number of nitrogens with zero attached hydrogens (tertiary/aromatic N) is 4. The lowest BCUT2D eigenvalue weighted by atomic mass is 10.1. The van der Waals surface area contributed by atoms with Crippen LogP contribution in [0.3, 0.4) is 0 Å². The van der Waals surface area contributed by atoms with Gasteiger partial charge in [-0.3, -0.25) is 9.69 Å². The summed E-state index contributed by atoms with van der Waals surface area (Å²) < 4.78 is 6.81. The van der Waals surface area contributed by atoms with Gasteiger partial charge >= 0.3 is 6.03 Å². The Hall–Kier alpha value is -3.10. The number of urea groups is 1. The van der Waals surface area contributed by atoms with Crippen LogP contribution in [0, 0.1) is 0 Å². The molecule has 10 heteroatoms. The van der Waals surface area contributed by atoms with Gasteiger partial charge < -0.3 is 24.2 Å². The monoisotopic (exact) mass is 518 g/mol. The average molecular weight is 519 g/mol. The number of ether oxygens (including phenoxy) is 1. The topological polar surface area (TPSA) is 78.2 Å². The molecule has 1 saturated heterocycles. The van der Waals surface area contributed by atoms with Crippen LogP contribution >= 0.6 is 23.2 Å². The zero-order chi connectivity index (χ0) is 25.4. The smallest absolute Gasteiger partial charge is 0.325 e. The molecule has 0 saturated carbocycles. The van der Waals surface area contributed by atoms with Crippen LogP contribution in [0.25, 0.3) is 10.9 Å². The van der Waals surface area contributed by atoms with Crippen LogP contribution in [0.2, 0.25) is 10.2 Å². The van der Waals surface area contributed by atoms with Gasteiger partial charge in [0.05, 0.1) is 17.6 Å². The number of aromatic nitrogens is 1. The summed E-state index contributed by atoms with van der Waals surface area (Å²) in [6.45, 7) is 2.92. The predicted octanol–water partition coefficient (Wildman–Crippen LogP) is 4.97. The number of carbonyl (C=O) groups excluding carboxylic acids is 2. The standard InChI is InChI=1S/C25H28Cl2N4O4/c1-15-10-11-29(17-8-9-20(35-4)19(32)12-17)25(34)30(15)13-16-6-5-7-18-22(16)23(26)24(27)31(18)14-21(33)28(2)3/h5-9,12,15,32H,10-11,13-14H2,1-4H3/t15-/m0/s1. The minimum Gasteiger partial charge on any atom is -0.504 e. The van der Waals surface area contributed by atoms with Gasteiger partial charge in [0.2, 0.25) is 5.91 Å². The molecular formula is C25H28Cl2N4O4. The zero-order valence-electron chi connectivity index (χ0n) is 20.1. The molecule has 0 unspecified atom stereocenters. The van der Waals surface area contributed by atoms with E-state index >= 15 is 0 Å². The van der Waals surface area contributed by atoms with Crippen LogP contribution in [0.5, 0.6) is 11.5 Å². The molecule has 1 aliphatic heterocycles. The van der Waals surface area contributed by atoms with Crippen LogP contribution in [0.4, 0.5) is 10.5 Å². The Bertz CT molecular complexity index is 1290. The van der Waals surface area contributed by atoms with E-state index in [0.29, 0.717) is 29.5 Å². The summed E-state index contributed by atoms with van der Waals surface area (Å²) >= 11 is 13.2. The van der Waals surface area contributed by atoms with Gasteiger partial charge in [0.1, 0.15) is 11.7 Å². The molecule has 186 valence electrons. The van der Waals surface area contributed by atoms with Crippen molar-refractivity contribution in [1.82, 2.24) is 14.4 Å². The maximum Gasteiger partial charge on any atom is 0.325 e. The van der Waals surface area contributed by atoms with E-state index in [2.05, 4.69) is 0 Å². The molecule has 1 N–H and O–H groups in total. The van der Waals surface area contributed by atoms with E-state index in [0.717, 1.165) is 22.9 Å². The van der Waals surface area contributed by atoms with E-state index in [1.807, 2.05) is 25.1 Å². The fourth-order valence-corrected chi connectivity index (χ4v) is 4.92. The highest BCUT2D eigenvalue weighted by Gasteiger charge is 2.33. The molecule has 0 bridgehead atoms. The van der Waals surface area contributed by atoms with E-state index in [4.69, 9.17) is 27.9 Å². The first-order chi connectivity index (χ1) is 16.6. The Labute approximate surface area is 214 Å². The lowest BCUT2D eigenvalue weighted by molar-refractivity contribution is -0.129. The van der Waals surface area contributed by atoms with Gasteiger partial charge in [-0.15, -0.1) is 0 Å². The summed E-state index contributed by atoms with van der Waals surface area (Å²) in [6.07, 6.45) is 0.751. The van der Waals surface area contributed by atoms with Crippen LogP contribution in [-0.4, -0.2) is 65.2 Å². The molecule has 8 nitrogen and oxygen atoms in total. The van der Waals surface area contributed by atoms with Crippen molar-refractivity contribution in [3.8, 4) is 11.5 Å². The van der Waals surface area contributed by atoms with E-state index < -0.39 is 0 Å². The third-order valence-electron chi connectivity index (χ3n) is 6.44. The average Bonchev–Trinajstić information content (AvgIpc) is 3.07. The Morgan fingerprint density at radius 1 is 1.23 bits per heavy atom. The summed E-state index contributed by atoms with van der Waals surface area (Å²) in [5.41, 5.74) is 2.17. The van der Waals surface area contributed by atoms with Crippen LogP contribution in [0.1, 0.15) is 18.9 Å². The number of amides is 3. The third-order valence-corrected chi connectivity index (χ3v) is 7.30. The molecule has 2 heterocycles. The normalized spacial score (nSPS) is 16.2. The number of carbonyl (C=O) groups is 2. The quantitative estimate of drug-likeness (QED) is 0.499. The van der Waals surface area contributed by atoms with Gasteiger partial charge in [0.25, 0.3) is 0 Å². The number of likely N-dealkylation sites (N-methyl/N-ethyl adjacent to an activating group) is 1. The fraction of sp³-hybridized carbons (Fsp3) is 0.360. The van der Waals surface area contributed by atoms with Crippen molar-refractivity contribution in [2.24, 2.45) is 0 Å². The zero-order valence-corrected chi connectivity index (χ0v) is 21.6. The summed E-state index contributed by atoms with van der Waals surface area (Å²) in [4.78, 5) is 30.8. The number of benzene rings is 2. The predicted molar refractivity (Wildman–Crippen MR) is 138 cm³/mol. The molecule has 0 radical (unpaired) electrons. The Balaban J connectivity index is 1.67. The molecule has 35 heavy (non-hydrogen) atoms. The molecule has 0 spiro atoms. The van der Waals surface area contributed by atoms with Gasteiger partial charge in [0.15, 0.2) is 11.5 Å². The van der Waals surface area contributed by atoms with Gasteiger partial charge in [-0.25, -0.2) is 4.79 Å². The largest absolute Gasteiger partial charge is 0.504 e. The van der Waals surface area contributed by atoms with E-state index in [9.17, 15) is 14.7 Å². The maximum atomic E-state index is 13.5. The second-order valence-corrected chi connectivity index (χ2v) is 9.58. The summed E-state index contributed by atoms with van der Waals surface area (Å²) in [6, 6.07) is 10.4. The molecule has 1 atom stereocenters. The number of aromatic hydroxyl groups is 1. The first-order valence-electron chi connectivity index (χ1n) is 11.2. The Kier molecular flexibility index (Phi) is 7.05. The second-order valence-electron chi connectivity index (χ2n) is 8.85. The van der Waals surface area contributed by atoms with Gasteiger partial charge in [-0.1, -0.05) is 35.3 Å². The highest BCUT2D eigenvalue weighted by Crippen LogP contribution is 2.38. The van der Waals surface area contributed by atoms with Crippen LogP contribution in [0.15, 0.2) is 36.4 Å². The van der Waals surface area contributed by atoms with E-state index in [-0.39, 0.29) is 35.4 Å².